The van der Waals surface area contributed by atoms with Gasteiger partial charge in [-0.15, -0.1) is 0 Å². The Balaban J connectivity index is 1.27. The highest BCUT2D eigenvalue weighted by Crippen LogP contribution is 2.63. The first-order valence-corrected chi connectivity index (χ1v) is 17.7. The molecular formula is C49H32N2. The molecule has 0 bridgehead atoms. The molecule has 8 aromatic carbocycles. The summed E-state index contributed by atoms with van der Waals surface area (Å²) < 4.78 is 0. The van der Waals surface area contributed by atoms with Crippen molar-refractivity contribution in [2.75, 3.05) is 5.73 Å². The molecule has 2 aliphatic carbocycles. The van der Waals surface area contributed by atoms with Crippen molar-refractivity contribution in [1.82, 2.24) is 4.98 Å². The highest BCUT2D eigenvalue weighted by molar-refractivity contribution is 6.21. The first-order chi connectivity index (χ1) is 25.2. The minimum Gasteiger partial charge on any atom is -0.397 e. The number of nitrogens with two attached hydrogens (primary N) is 1. The van der Waals surface area contributed by atoms with Crippen LogP contribution in [0.3, 0.4) is 0 Å². The number of hydrogen-bond donors (Lipinski definition) is 2. The lowest BCUT2D eigenvalue weighted by molar-refractivity contribution is 0.794. The molecule has 9 aromatic rings. The van der Waals surface area contributed by atoms with E-state index in [4.69, 9.17) is 5.73 Å². The van der Waals surface area contributed by atoms with Gasteiger partial charge in [-0.2, -0.15) is 0 Å². The summed E-state index contributed by atoms with van der Waals surface area (Å²) in [6.45, 7) is 0. The zero-order chi connectivity index (χ0) is 33.7. The van der Waals surface area contributed by atoms with Gasteiger partial charge in [0.1, 0.15) is 0 Å². The van der Waals surface area contributed by atoms with Crippen LogP contribution in [0.25, 0.3) is 76.7 Å². The Morgan fingerprint density at radius 1 is 0.333 bits per heavy atom. The van der Waals surface area contributed by atoms with E-state index in [0.29, 0.717) is 0 Å². The second-order valence-electron chi connectivity index (χ2n) is 13.9. The molecular weight excluding hydrogens is 617 g/mol. The molecule has 3 N–H and O–H groups in total. The lowest BCUT2D eigenvalue weighted by Crippen LogP contribution is -2.25. The maximum absolute atomic E-state index is 6.83. The summed E-state index contributed by atoms with van der Waals surface area (Å²) in [4.78, 5) is 3.94. The lowest BCUT2D eigenvalue weighted by Gasteiger charge is -2.30. The van der Waals surface area contributed by atoms with E-state index in [9.17, 15) is 0 Å². The van der Waals surface area contributed by atoms with Gasteiger partial charge in [0, 0.05) is 16.3 Å². The molecule has 0 aliphatic heterocycles. The van der Waals surface area contributed by atoms with Crippen LogP contribution < -0.4 is 5.73 Å². The molecule has 0 fully saturated rings. The Hall–Kier alpha value is -6.64. The number of para-hydroxylation sites is 2. The highest BCUT2D eigenvalue weighted by atomic mass is 14.7. The van der Waals surface area contributed by atoms with Crippen molar-refractivity contribution < 1.29 is 0 Å². The highest BCUT2D eigenvalue weighted by Gasteiger charge is 2.51. The minimum atomic E-state index is -0.364. The van der Waals surface area contributed by atoms with Crippen molar-refractivity contribution in [3.8, 4) is 33.4 Å². The molecule has 1 heterocycles. The van der Waals surface area contributed by atoms with E-state index in [2.05, 4.69) is 175 Å². The zero-order valence-electron chi connectivity index (χ0n) is 27.8. The first-order valence-electron chi connectivity index (χ1n) is 17.7. The van der Waals surface area contributed by atoms with Crippen LogP contribution in [0.2, 0.25) is 0 Å². The van der Waals surface area contributed by atoms with Gasteiger partial charge in [-0.25, -0.2) is 0 Å². The van der Waals surface area contributed by atoms with Crippen molar-refractivity contribution in [2.45, 2.75) is 5.41 Å². The maximum atomic E-state index is 6.83. The number of H-pyrrole nitrogens is 1. The van der Waals surface area contributed by atoms with Crippen LogP contribution in [-0.2, 0) is 5.41 Å². The summed E-state index contributed by atoms with van der Waals surface area (Å²) in [5.74, 6) is 0. The van der Waals surface area contributed by atoms with E-state index in [1.807, 2.05) is 6.07 Å². The molecule has 0 radical (unpaired) electrons. The second-order valence-corrected chi connectivity index (χ2v) is 13.9. The van der Waals surface area contributed by atoms with Gasteiger partial charge in [-0.1, -0.05) is 164 Å². The first kappa shape index (κ1) is 28.2. The molecule has 2 heteroatoms. The van der Waals surface area contributed by atoms with Gasteiger partial charge in [0.2, 0.25) is 0 Å². The van der Waals surface area contributed by atoms with E-state index in [1.54, 1.807) is 0 Å². The van der Waals surface area contributed by atoms with Crippen LogP contribution in [0.4, 0.5) is 5.69 Å². The molecule has 11 rings (SSSR count). The number of benzene rings is 8. The SMILES string of the molecule is Nc1cccc2c1[nH]c1c(-c3ccc4c(c3)-c3ccccc3C43c4ccccc4-c4ccccc43)cccc1c1ccccc1c1ccccc21. The molecule has 238 valence electrons. The standard InChI is InChI=1S/C49H32N2/c50-46-26-12-22-40-35-16-4-2-14-33(35)32-13-1-3-15-34(32)39-21-11-20-31(47(39)51-48(40)46)30-27-28-45-41(29-30)38-19-7-10-25-44(38)49(45)42-23-8-5-17-36(42)37-18-6-9-24-43(37)49/h1-29,51H,50H2. The number of anilines is 1. The van der Waals surface area contributed by atoms with Gasteiger partial charge in [0.05, 0.1) is 22.1 Å². The topological polar surface area (TPSA) is 41.8 Å². The third-order valence-electron chi connectivity index (χ3n) is 11.4. The van der Waals surface area contributed by atoms with Gasteiger partial charge < -0.3 is 10.7 Å². The number of aromatic amines is 1. The zero-order valence-corrected chi connectivity index (χ0v) is 27.8. The number of hydrogen-bond acceptors (Lipinski definition) is 1. The fourth-order valence-electron chi connectivity index (χ4n) is 9.38. The van der Waals surface area contributed by atoms with Crippen LogP contribution in [-0.4, -0.2) is 4.98 Å². The third-order valence-corrected chi connectivity index (χ3v) is 11.4. The van der Waals surface area contributed by atoms with Crippen LogP contribution in [0.5, 0.6) is 0 Å². The normalized spacial score (nSPS) is 13.3. The summed E-state index contributed by atoms with van der Waals surface area (Å²) in [5.41, 5.74) is 22.1. The van der Waals surface area contributed by atoms with Crippen LogP contribution in [0.1, 0.15) is 22.3 Å². The Morgan fingerprint density at radius 3 is 1.33 bits per heavy atom. The molecule has 0 atom stereocenters. The lowest BCUT2D eigenvalue weighted by atomic mass is 9.70. The molecule has 2 aliphatic rings. The monoisotopic (exact) mass is 648 g/mol. The van der Waals surface area contributed by atoms with Crippen molar-refractivity contribution in [3.05, 3.63) is 198 Å². The summed E-state index contributed by atoms with van der Waals surface area (Å²) in [6, 6.07) is 64.4. The third kappa shape index (κ3) is 3.71. The van der Waals surface area contributed by atoms with Crippen LogP contribution in [0, 0.1) is 0 Å². The average molecular weight is 649 g/mol. The minimum absolute atomic E-state index is 0.364. The molecule has 51 heavy (non-hydrogen) atoms. The van der Waals surface area contributed by atoms with Gasteiger partial charge in [0.25, 0.3) is 0 Å². The summed E-state index contributed by atoms with van der Waals surface area (Å²) in [6.07, 6.45) is 0. The summed E-state index contributed by atoms with van der Waals surface area (Å²) >= 11 is 0. The maximum Gasteiger partial charge on any atom is 0.0725 e. The number of aromatic nitrogens is 1. The number of fused-ring (bicyclic) bond motifs is 17. The van der Waals surface area contributed by atoms with Gasteiger partial charge >= 0.3 is 0 Å². The second kappa shape index (κ2) is 10.4. The Bertz CT molecular complexity index is 2950. The Morgan fingerprint density at radius 2 is 0.745 bits per heavy atom. The Labute approximate surface area is 295 Å². The van der Waals surface area contributed by atoms with Crippen molar-refractivity contribution in [3.63, 3.8) is 0 Å². The predicted molar refractivity (Wildman–Crippen MR) is 215 cm³/mol. The van der Waals surface area contributed by atoms with Crippen molar-refractivity contribution >= 4 is 49.0 Å². The molecule has 1 aromatic heterocycles. The van der Waals surface area contributed by atoms with Crippen LogP contribution in [0.15, 0.2) is 176 Å². The largest absolute Gasteiger partial charge is 0.397 e. The molecule has 0 amide bonds. The van der Waals surface area contributed by atoms with Gasteiger partial charge in [-0.3, -0.25) is 0 Å². The van der Waals surface area contributed by atoms with Crippen LogP contribution >= 0.6 is 0 Å². The van der Waals surface area contributed by atoms with E-state index in [-0.39, 0.29) is 5.41 Å². The van der Waals surface area contributed by atoms with E-state index in [0.717, 1.165) is 44.0 Å². The van der Waals surface area contributed by atoms with Crippen molar-refractivity contribution in [2.24, 2.45) is 0 Å². The number of rotatable bonds is 1. The van der Waals surface area contributed by atoms with E-state index < -0.39 is 0 Å². The number of nitrogen functional groups attached to an aromatic ring is 1. The molecule has 0 saturated carbocycles. The number of nitrogens with one attached hydrogen (secondary N) is 1. The van der Waals surface area contributed by atoms with E-state index in [1.165, 1.54) is 60.7 Å². The molecule has 2 nitrogen and oxygen atoms in total. The molecule has 0 saturated heterocycles. The summed E-state index contributed by atoms with van der Waals surface area (Å²) in [7, 11) is 0. The fourth-order valence-corrected chi connectivity index (χ4v) is 9.38. The smallest absolute Gasteiger partial charge is 0.0725 e. The molecule has 0 unspecified atom stereocenters. The van der Waals surface area contributed by atoms with E-state index >= 15 is 0 Å². The molecule has 1 spiro atoms. The fraction of sp³-hybridized carbons (Fsp3) is 0.0204. The quantitative estimate of drug-likeness (QED) is 0.171. The summed E-state index contributed by atoms with van der Waals surface area (Å²) in [5, 5.41) is 6.97. The average Bonchev–Trinajstić information content (AvgIpc) is 3.67. The van der Waals surface area contributed by atoms with Gasteiger partial charge in [0.15, 0.2) is 0 Å². The van der Waals surface area contributed by atoms with Gasteiger partial charge in [-0.05, 0) is 83.7 Å². The van der Waals surface area contributed by atoms with Crippen molar-refractivity contribution in [1.29, 1.82) is 0 Å². The predicted octanol–water partition coefficient (Wildman–Crippen LogP) is 12.3. The Kier molecular flexibility index (Phi) is 5.77.